The third-order valence-electron chi connectivity index (χ3n) is 7.65. The lowest BCUT2D eigenvalue weighted by atomic mass is 9.93. The fourth-order valence-electron chi connectivity index (χ4n) is 5.58. The number of aromatic nitrogens is 3. The first-order chi connectivity index (χ1) is 17.2. The van der Waals surface area contributed by atoms with E-state index in [4.69, 9.17) is 0 Å². The van der Waals surface area contributed by atoms with Crippen LogP contribution in [0.5, 0.6) is 0 Å². The lowest BCUT2D eigenvalue weighted by molar-refractivity contribution is -0.138. The summed E-state index contributed by atoms with van der Waals surface area (Å²) in [5.74, 6) is 0.188. The van der Waals surface area contributed by atoms with Crippen LogP contribution in [-0.4, -0.2) is 56.0 Å². The van der Waals surface area contributed by atoms with E-state index in [2.05, 4.69) is 9.88 Å². The summed E-state index contributed by atoms with van der Waals surface area (Å²) in [6.45, 7) is 3.70. The van der Waals surface area contributed by atoms with Gasteiger partial charge in [0.1, 0.15) is 0 Å². The van der Waals surface area contributed by atoms with Gasteiger partial charge in [0.2, 0.25) is 5.91 Å². The molecule has 1 amide bonds. The summed E-state index contributed by atoms with van der Waals surface area (Å²) in [7, 11) is 1.50. The standard InChI is InChI=1S/C26H30F3N5O2/c1-31-23-16-20(26(27,28)29)2-3-22(23)34(25(31)36)21-8-14-33(15-9-21)24(35)19-6-12-32(13-7-19)17-18-4-10-30-11-5-18/h2-5,10-11,16,19,21H,6-9,12-15,17H2,1H3. The van der Waals surface area contributed by atoms with Crippen LogP contribution in [0.3, 0.4) is 0 Å². The fraction of sp³-hybridized carbons (Fsp3) is 0.500. The molecule has 2 saturated heterocycles. The van der Waals surface area contributed by atoms with Crippen LogP contribution in [0.1, 0.15) is 42.9 Å². The van der Waals surface area contributed by atoms with Crippen molar-refractivity contribution in [2.24, 2.45) is 13.0 Å². The molecule has 0 bridgehead atoms. The van der Waals surface area contributed by atoms with Crippen LogP contribution in [0, 0.1) is 5.92 Å². The Balaban J connectivity index is 1.20. The summed E-state index contributed by atoms with van der Waals surface area (Å²) in [6, 6.07) is 7.32. The van der Waals surface area contributed by atoms with Crippen molar-refractivity contribution in [2.75, 3.05) is 26.2 Å². The third-order valence-corrected chi connectivity index (χ3v) is 7.65. The smallest absolute Gasteiger partial charge is 0.342 e. The molecule has 7 nitrogen and oxygen atoms in total. The zero-order valence-electron chi connectivity index (χ0n) is 20.2. The van der Waals surface area contributed by atoms with Gasteiger partial charge in [-0.05, 0) is 74.7 Å². The number of pyridine rings is 1. The molecule has 2 aliphatic rings. The number of likely N-dealkylation sites (tertiary alicyclic amines) is 2. The van der Waals surface area contributed by atoms with Crippen molar-refractivity contribution in [3.63, 3.8) is 0 Å². The van der Waals surface area contributed by atoms with Gasteiger partial charge >= 0.3 is 11.9 Å². The molecular weight excluding hydrogens is 471 g/mol. The van der Waals surface area contributed by atoms with Crippen molar-refractivity contribution >= 4 is 16.9 Å². The molecule has 0 atom stereocenters. The second kappa shape index (κ2) is 9.72. The van der Waals surface area contributed by atoms with Gasteiger partial charge < -0.3 is 4.90 Å². The van der Waals surface area contributed by atoms with Crippen molar-refractivity contribution in [3.8, 4) is 0 Å². The topological polar surface area (TPSA) is 63.4 Å². The van der Waals surface area contributed by atoms with E-state index < -0.39 is 11.7 Å². The largest absolute Gasteiger partial charge is 0.416 e. The monoisotopic (exact) mass is 501 g/mol. The molecule has 2 aromatic heterocycles. The molecule has 0 unspecified atom stereocenters. The van der Waals surface area contributed by atoms with E-state index in [0.29, 0.717) is 31.4 Å². The normalized spacial score (nSPS) is 18.7. The van der Waals surface area contributed by atoms with Gasteiger partial charge in [-0.1, -0.05) is 0 Å². The molecule has 3 aromatic rings. The predicted octanol–water partition coefficient (Wildman–Crippen LogP) is 3.83. The van der Waals surface area contributed by atoms with Crippen LogP contribution >= 0.6 is 0 Å². The molecule has 36 heavy (non-hydrogen) atoms. The van der Waals surface area contributed by atoms with Gasteiger partial charge in [0.05, 0.1) is 16.6 Å². The van der Waals surface area contributed by atoms with Crippen LogP contribution in [0.2, 0.25) is 0 Å². The van der Waals surface area contributed by atoms with E-state index in [0.717, 1.165) is 44.6 Å². The van der Waals surface area contributed by atoms with Crippen molar-refractivity contribution < 1.29 is 18.0 Å². The Kier molecular flexibility index (Phi) is 6.63. The second-order valence-electron chi connectivity index (χ2n) is 9.88. The summed E-state index contributed by atoms with van der Waals surface area (Å²) in [4.78, 5) is 34.4. The maximum atomic E-state index is 13.2. The highest BCUT2D eigenvalue weighted by Crippen LogP contribution is 2.33. The van der Waals surface area contributed by atoms with Crippen molar-refractivity contribution in [1.82, 2.24) is 23.9 Å². The van der Waals surface area contributed by atoms with E-state index in [1.165, 1.54) is 23.2 Å². The van der Waals surface area contributed by atoms with Gasteiger partial charge in [0.25, 0.3) is 0 Å². The lowest BCUT2D eigenvalue weighted by Crippen LogP contribution is -2.46. The molecule has 0 aliphatic carbocycles. The number of hydrogen-bond donors (Lipinski definition) is 0. The molecule has 1 aromatic carbocycles. The number of alkyl halides is 3. The van der Waals surface area contributed by atoms with Gasteiger partial charge in [-0.3, -0.25) is 23.8 Å². The first-order valence-electron chi connectivity index (χ1n) is 12.4. The van der Waals surface area contributed by atoms with E-state index in [9.17, 15) is 22.8 Å². The van der Waals surface area contributed by atoms with Gasteiger partial charge in [-0.2, -0.15) is 13.2 Å². The number of hydrogen-bond acceptors (Lipinski definition) is 4. The number of piperidine rings is 2. The minimum absolute atomic E-state index is 0.0105. The first-order valence-corrected chi connectivity index (χ1v) is 12.4. The van der Waals surface area contributed by atoms with Gasteiger partial charge in [0.15, 0.2) is 0 Å². The number of benzene rings is 1. The Morgan fingerprint density at radius 1 is 0.972 bits per heavy atom. The Morgan fingerprint density at radius 3 is 2.28 bits per heavy atom. The Labute approximate surface area is 207 Å². The number of rotatable bonds is 4. The van der Waals surface area contributed by atoms with Gasteiger partial charge in [0, 0.05) is 51.0 Å². The number of aryl methyl sites for hydroxylation is 1. The summed E-state index contributed by atoms with van der Waals surface area (Å²) < 4.78 is 42.4. The van der Waals surface area contributed by atoms with Crippen LogP contribution in [0.15, 0.2) is 47.5 Å². The summed E-state index contributed by atoms with van der Waals surface area (Å²) in [5.41, 5.74) is 0.898. The number of carbonyl (C=O) groups is 1. The summed E-state index contributed by atoms with van der Waals surface area (Å²) in [5, 5.41) is 0. The first kappa shape index (κ1) is 24.5. The SMILES string of the molecule is Cn1c(=O)n(C2CCN(C(=O)C3CCN(Cc4ccncc4)CC3)CC2)c2ccc(C(F)(F)F)cc21. The van der Waals surface area contributed by atoms with E-state index in [1.54, 1.807) is 17.0 Å². The predicted molar refractivity (Wildman–Crippen MR) is 129 cm³/mol. The molecule has 0 radical (unpaired) electrons. The minimum atomic E-state index is -4.47. The average molecular weight is 502 g/mol. The molecule has 4 heterocycles. The van der Waals surface area contributed by atoms with Crippen molar-refractivity contribution in [3.05, 3.63) is 64.3 Å². The zero-order chi connectivity index (χ0) is 25.4. The minimum Gasteiger partial charge on any atom is -0.342 e. The second-order valence-corrected chi connectivity index (χ2v) is 9.88. The Bertz CT molecular complexity index is 1280. The van der Waals surface area contributed by atoms with Crippen LogP contribution in [0.4, 0.5) is 13.2 Å². The number of amides is 1. The molecule has 0 saturated carbocycles. The summed E-state index contributed by atoms with van der Waals surface area (Å²) >= 11 is 0. The van der Waals surface area contributed by atoms with Gasteiger partial charge in [-0.25, -0.2) is 4.79 Å². The molecule has 2 aliphatic heterocycles. The van der Waals surface area contributed by atoms with E-state index >= 15 is 0 Å². The maximum absolute atomic E-state index is 13.2. The molecule has 0 N–H and O–H groups in total. The van der Waals surface area contributed by atoms with E-state index in [1.807, 2.05) is 17.0 Å². The molecule has 10 heteroatoms. The summed E-state index contributed by atoms with van der Waals surface area (Å²) in [6.07, 6.45) is 1.98. The van der Waals surface area contributed by atoms with Crippen molar-refractivity contribution in [2.45, 2.75) is 44.4 Å². The zero-order valence-corrected chi connectivity index (χ0v) is 20.2. The Morgan fingerprint density at radius 2 is 1.64 bits per heavy atom. The Hall–Kier alpha value is -3.14. The fourth-order valence-corrected chi connectivity index (χ4v) is 5.58. The highest BCUT2D eigenvalue weighted by atomic mass is 19.4. The van der Waals surface area contributed by atoms with E-state index in [-0.39, 0.29) is 29.1 Å². The third kappa shape index (κ3) is 4.78. The molecule has 192 valence electrons. The van der Waals surface area contributed by atoms with Gasteiger partial charge in [-0.15, -0.1) is 0 Å². The van der Waals surface area contributed by atoms with Crippen LogP contribution in [-0.2, 0) is 24.6 Å². The number of carbonyl (C=O) groups excluding carboxylic acids is 1. The highest BCUT2D eigenvalue weighted by Gasteiger charge is 2.34. The number of imidazole rings is 1. The van der Waals surface area contributed by atoms with Crippen molar-refractivity contribution in [1.29, 1.82) is 0 Å². The average Bonchev–Trinajstić information content (AvgIpc) is 3.13. The van der Waals surface area contributed by atoms with Crippen LogP contribution < -0.4 is 5.69 Å². The highest BCUT2D eigenvalue weighted by molar-refractivity contribution is 5.79. The number of nitrogens with zero attached hydrogens (tertiary/aromatic N) is 5. The number of fused-ring (bicyclic) bond motifs is 1. The molecule has 0 spiro atoms. The number of halogens is 3. The van der Waals surface area contributed by atoms with Crippen LogP contribution in [0.25, 0.3) is 11.0 Å². The maximum Gasteiger partial charge on any atom is 0.416 e. The quantitative estimate of drug-likeness (QED) is 0.545. The lowest BCUT2D eigenvalue weighted by Gasteiger charge is -2.37. The molecular formula is C26H30F3N5O2. The molecule has 2 fully saturated rings. The molecule has 5 rings (SSSR count).